The van der Waals surface area contributed by atoms with Crippen LogP contribution in [0.25, 0.3) is 16.7 Å². The number of carbonyl (C=O) groups is 1. The Balaban J connectivity index is 1.54. The average molecular weight is 464 g/mol. The predicted octanol–water partition coefficient (Wildman–Crippen LogP) is 3.89. The number of nitrogens with one attached hydrogen (secondary N) is 1. The minimum Gasteiger partial charge on any atom is -0.374 e. The Morgan fingerprint density at radius 1 is 1.21 bits per heavy atom. The summed E-state index contributed by atoms with van der Waals surface area (Å²) in [5.41, 5.74) is 2.25. The van der Waals surface area contributed by atoms with Gasteiger partial charge in [0.05, 0.1) is 29.4 Å². The number of ether oxygens (including phenoxy) is 1. The lowest BCUT2D eigenvalue weighted by atomic mass is 10.2. The molecule has 2 aromatic carbocycles. The lowest BCUT2D eigenvalue weighted by Gasteiger charge is -2.10. The van der Waals surface area contributed by atoms with Gasteiger partial charge in [0.25, 0.3) is 5.56 Å². The van der Waals surface area contributed by atoms with Crippen molar-refractivity contribution in [2.24, 2.45) is 0 Å². The van der Waals surface area contributed by atoms with Gasteiger partial charge >= 0.3 is 0 Å². The second kappa shape index (κ2) is 10.0. The Morgan fingerprint density at radius 2 is 2.03 bits per heavy atom. The van der Waals surface area contributed by atoms with E-state index >= 15 is 0 Å². The lowest BCUT2D eigenvalue weighted by Crippen LogP contribution is -2.22. The number of anilines is 1. The van der Waals surface area contributed by atoms with Crippen LogP contribution in [0.15, 0.2) is 71.1 Å². The molecule has 1 amide bonds. The molecule has 0 radical (unpaired) electrons. The molecule has 170 valence electrons. The minimum atomic E-state index is -0.164. The van der Waals surface area contributed by atoms with E-state index in [1.165, 1.54) is 16.3 Å². The normalized spacial score (nSPS) is 11.4. The molecule has 0 fully saturated rings. The highest BCUT2D eigenvalue weighted by Gasteiger charge is 2.17. The molecule has 2 heterocycles. The number of allylic oxidation sites excluding steroid dienone is 1. The number of para-hydroxylation sites is 1. The summed E-state index contributed by atoms with van der Waals surface area (Å²) in [6, 6.07) is 14.9. The van der Waals surface area contributed by atoms with Gasteiger partial charge in [-0.1, -0.05) is 42.1 Å². The van der Waals surface area contributed by atoms with E-state index in [9.17, 15) is 9.59 Å². The number of benzene rings is 2. The largest absolute Gasteiger partial charge is 0.374 e. The first-order valence-corrected chi connectivity index (χ1v) is 11.6. The molecule has 0 unspecified atom stereocenters. The molecule has 2 aromatic heterocycles. The van der Waals surface area contributed by atoms with E-state index in [0.29, 0.717) is 40.7 Å². The van der Waals surface area contributed by atoms with Crippen molar-refractivity contribution in [3.63, 3.8) is 0 Å². The summed E-state index contributed by atoms with van der Waals surface area (Å²) in [4.78, 5) is 25.5. The van der Waals surface area contributed by atoms with E-state index in [2.05, 4.69) is 22.1 Å². The van der Waals surface area contributed by atoms with Crippen molar-refractivity contribution in [3.8, 4) is 0 Å². The van der Waals surface area contributed by atoms with Crippen LogP contribution < -0.4 is 10.9 Å². The van der Waals surface area contributed by atoms with E-state index in [1.807, 2.05) is 60.7 Å². The molecule has 1 N–H and O–H groups in total. The molecule has 0 aliphatic carbocycles. The van der Waals surface area contributed by atoms with Gasteiger partial charge in [-0.05, 0) is 43.7 Å². The highest BCUT2D eigenvalue weighted by atomic mass is 32.2. The highest BCUT2D eigenvalue weighted by molar-refractivity contribution is 7.99. The SMILES string of the molecule is C=CCn1c(=O)c2ccccc2n2c(SCC(=O)Nc3cccc(COC(C)C)c3)nnc12. The van der Waals surface area contributed by atoms with Crippen LogP contribution in [0, 0.1) is 0 Å². The average Bonchev–Trinajstić information content (AvgIpc) is 3.23. The maximum Gasteiger partial charge on any atom is 0.263 e. The molecule has 0 saturated carbocycles. The summed E-state index contributed by atoms with van der Waals surface area (Å²) in [6.07, 6.45) is 1.78. The zero-order chi connectivity index (χ0) is 23.4. The molecule has 0 bridgehead atoms. The number of amides is 1. The zero-order valence-electron chi connectivity index (χ0n) is 18.5. The van der Waals surface area contributed by atoms with Crippen LogP contribution in [0.2, 0.25) is 0 Å². The molecule has 0 spiro atoms. The van der Waals surface area contributed by atoms with Crippen LogP contribution in [0.1, 0.15) is 19.4 Å². The van der Waals surface area contributed by atoms with Crippen molar-refractivity contribution in [1.29, 1.82) is 0 Å². The van der Waals surface area contributed by atoms with Crippen molar-refractivity contribution < 1.29 is 9.53 Å². The van der Waals surface area contributed by atoms with E-state index in [4.69, 9.17) is 4.74 Å². The van der Waals surface area contributed by atoms with Gasteiger partial charge in [0, 0.05) is 12.2 Å². The smallest absolute Gasteiger partial charge is 0.263 e. The second-order valence-electron chi connectivity index (χ2n) is 7.74. The lowest BCUT2D eigenvalue weighted by molar-refractivity contribution is -0.113. The van der Waals surface area contributed by atoms with Crippen molar-refractivity contribution in [2.75, 3.05) is 11.1 Å². The summed E-state index contributed by atoms with van der Waals surface area (Å²) in [6.45, 7) is 8.50. The summed E-state index contributed by atoms with van der Waals surface area (Å²) in [5.74, 6) is 0.393. The number of aromatic nitrogens is 4. The quantitative estimate of drug-likeness (QED) is 0.299. The number of carbonyl (C=O) groups excluding carboxylic acids is 1. The molecule has 33 heavy (non-hydrogen) atoms. The molecule has 0 aliphatic rings. The number of hydrogen-bond acceptors (Lipinski definition) is 6. The van der Waals surface area contributed by atoms with Gasteiger partial charge in [-0.2, -0.15) is 0 Å². The summed E-state index contributed by atoms with van der Waals surface area (Å²) in [7, 11) is 0. The Morgan fingerprint density at radius 3 is 2.82 bits per heavy atom. The predicted molar refractivity (Wildman–Crippen MR) is 131 cm³/mol. The Hall–Kier alpha value is -3.43. The Labute approximate surface area is 195 Å². The van der Waals surface area contributed by atoms with Crippen molar-refractivity contribution >= 4 is 40.0 Å². The standard InChI is InChI=1S/C24H25N5O3S/c1-4-12-28-22(31)19-10-5-6-11-20(19)29-23(28)26-27-24(29)33-15-21(30)25-18-9-7-8-17(13-18)14-32-16(2)3/h4-11,13,16H,1,12,14-15H2,2-3H3,(H,25,30). The van der Waals surface area contributed by atoms with E-state index in [0.717, 1.165) is 5.56 Å². The topological polar surface area (TPSA) is 90.5 Å². The van der Waals surface area contributed by atoms with Gasteiger partial charge < -0.3 is 10.1 Å². The monoisotopic (exact) mass is 463 g/mol. The number of thioether (sulfide) groups is 1. The zero-order valence-corrected chi connectivity index (χ0v) is 19.3. The minimum absolute atomic E-state index is 0.136. The molecule has 0 atom stereocenters. The molecule has 8 nitrogen and oxygen atoms in total. The molecule has 0 saturated heterocycles. The van der Waals surface area contributed by atoms with E-state index in [1.54, 1.807) is 12.1 Å². The van der Waals surface area contributed by atoms with Crippen LogP contribution in [-0.2, 0) is 22.7 Å². The fourth-order valence-electron chi connectivity index (χ4n) is 3.45. The maximum absolute atomic E-state index is 12.9. The van der Waals surface area contributed by atoms with Gasteiger partial charge in [0.2, 0.25) is 11.7 Å². The number of nitrogens with zero attached hydrogens (tertiary/aromatic N) is 4. The summed E-state index contributed by atoms with van der Waals surface area (Å²) in [5, 5.41) is 12.5. The van der Waals surface area contributed by atoms with Crippen LogP contribution in [0.3, 0.4) is 0 Å². The molecule has 4 rings (SSSR count). The summed E-state index contributed by atoms with van der Waals surface area (Å²) < 4.78 is 8.96. The maximum atomic E-state index is 12.9. The first-order chi connectivity index (χ1) is 16.0. The first kappa shape index (κ1) is 22.8. The highest BCUT2D eigenvalue weighted by Crippen LogP contribution is 2.22. The fourth-order valence-corrected chi connectivity index (χ4v) is 4.19. The van der Waals surface area contributed by atoms with Crippen molar-refractivity contribution in [1.82, 2.24) is 19.2 Å². The van der Waals surface area contributed by atoms with Gasteiger partial charge in [0.15, 0.2) is 5.16 Å². The van der Waals surface area contributed by atoms with Crippen LogP contribution in [-0.4, -0.2) is 36.9 Å². The van der Waals surface area contributed by atoms with Gasteiger partial charge in [0.1, 0.15) is 0 Å². The molecular formula is C24H25N5O3S. The van der Waals surface area contributed by atoms with Crippen LogP contribution in [0.5, 0.6) is 0 Å². The van der Waals surface area contributed by atoms with E-state index in [-0.39, 0.29) is 23.3 Å². The van der Waals surface area contributed by atoms with Crippen LogP contribution in [0.4, 0.5) is 5.69 Å². The Kier molecular flexibility index (Phi) is 6.90. The number of rotatable bonds is 9. The van der Waals surface area contributed by atoms with Gasteiger partial charge in [-0.25, -0.2) is 0 Å². The number of hydrogen-bond donors (Lipinski definition) is 1. The molecule has 0 aliphatic heterocycles. The van der Waals surface area contributed by atoms with Crippen LogP contribution >= 0.6 is 11.8 Å². The van der Waals surface area contributed by atoms with Gasteiger partial charge in [-0.15, -0.1) is 16.8 Å². The third-order valence-corrected chi connectivity index (χ3v) is 5.85. The van der Waals surface area contributed by atoms with Gasteiger partial charge in [-0.3, -0.25) is 18.6 Å². The Bertz CT molecular complexity index is 1380. The van der Waals surface area contributed by atoms with E-state index < -0.39 is 0 Å². The number of fused-ring (bicyclic) bond motifs is 3. The first-order valence-electron chi connectivity index (χ1n) is 10.6. The third-order valence-electron chi connectivity index (χ3n) is 4.92. The third kappa shape index (κ3) is 4.99. The van der Waals surface area contributed by atoms with Crippen molar-refractivity contribution in [2.45, 2.75) is 38.3 Å². The second-order valence-corrected chi connectivity index (χ2v) is 8.68. The molecule has 4 aromatic rings. The molecule has 9 heteroatoms. The van der Waals surface area contributed by atoms with Crippen molar-refractivity contribution in [3.05, 3.63) is 77.1 Å². The summed E-state index contributed by atoms with van der Waals surface area (Å²) >= 11 is 1.26. The fraction of sp³-hybridized carbons (Fsp3) is 0.250. The molecular weight excluding hydrogens is 438 g/mol.